The molecule has 0 spiro atoms. The first kappa shape index (κ1) is 19.1. The van der Waals surface area contributed by atoms with Crippen molar-refractivity contribution in [3.63, 3.8) is 0 Å². The van der Waals surface area contributed by atoms with Crippen molar-refractivity contribution < 1.29 is 28.6 Å². The number of hydrogen-bond donors (Lipinski definition) is 0. The van der Waals surface area contributed by atoms with Gasteiger partial charge < -0.3 is 14.2 Å². The van der Waals surface area contributed by atoms with Crippen molar-refractivity contribution in [2.75, 3.05) is 6.61 Å². The lowest BCUT2D eigenvalue weighted by Crippen LogP contribution is -2.33. The summed E-state index contributed by atoms with van der Waals surface area (Å²) in [7, 11) is 0. The van der Waals surface area contributed by atoms with Gasteiger partial charge in [-0.05, 0) is 12.1 Å². The third-order valence-corrected chi connectivity index (χ3v) is 3.19. The van der Waals surface area contributed by atoms with Crippen LogP contribution in [0.25, 0.3) is 5.69 Å². The Bertz CT molecular complexity index is 774. The third kappa shape index (κ3) is 5.40. The molecule has 0 aliphatic heterocycles. The summed E-state index contributed by atoms with van der Waals surface area (Å²) in [4.78, 5) is 35.4. The molecule has 0 radical (unpaired) electrons. The zero-order valence-corrected chi connectivity index (χ0v) is 14.6. The number of hydrogen-bond acceptors (Lipinski definition) is 8. The van der Waals surface area contributed by atoms with Crippen LogP contribution in [0.4, 0.5) is 0 Å². The fraction of sp³-hybridized carbons (Fsp3) is 0.353. The van der Waals surface area contributed by atoms with Gasteiger partial charge in [-0.15, -0.1) is 5.10 Å². The van der Waals surface area contributed by atoms with Gasteiger partial charge in [0.1, 0.15) is 12.3 Å². The maximum absolute atomic E-state index is 11.5. The Morgan fingerprint density at radius 3 is 2.23 bits per heavy atom. The van der Waals surface area contributed by atoms with E-state index in [0.717, 1.165) is 0 Å². The van der Waals surface area contributed by atoms with Crippen molar-refractivity contribution in [3.8, 4) is 5.69 Å². The van der Waals surface area contributed by atoms with Crippen LogP contribution in [0.5, 0.6) is 0 Å². The molecule has 0 fully saturated rings. The zero-order valence-electron chi connectivity index (χ0n) is 14.6. The van der Waals surface area contributed by atoms with Crippen LogP contribution < -0.4 is 0 Å². The molecule has 0 aliphatic carbocycles. The van der Waals surface area contributed by atoms with Crippen LogP contribution in [-0.2, 0) is 28.6 Å². The summed E-state index contributed by atoms with van der Waals surface area (Å²) in [6, 6.07) is 9.10. The average Bonchev–Trinajstić information content (AvgIpc) is 3.06. The Hall–Kier alpha value is -3.23. The van der Waals surface area contributed by atoms with E-state index < -0.39 is 30.1 Å². The van der Waals surface area contributed by atoms with Gasteiger partial charge in [0.25, 0.3) is 0 Å². The molecule has 0 saturated heterocycles. The van der Waals surface area contributed by atoms with E-state index in [0.29, 0.717) is 5.69 Å². The highest BCUT2D eigenvalue weighted by Crippen LogP contribution is 2.23. The zero-order chi connectivity index (χ0) is 19.1. The van der Waals surface area contributed by atoms with E-state index in [4.69, 9.17) is 14.2 Å². The van der Waals surface area contributed by atoms with E-state index in [1.165, 1.54) is 31.8 Å². The van der Waals surface area contributed by atoms with E-state index >= 15 is 0 Å². The molecule has 138 valence electrons. The molecule has 0 amide bonds. The Morgan fingerprint density at radius 1 is 1.00 bits per heavy atom. The number of para-hydroxylation sites is 1. The first-order valence-corrected chi connectivity index (χ1v) is 7.82. The Labute approximate surface area is 149 Å². The molecule has 9 heteroatoms. The molecule has 0 saturated carbocycles. The van der Waals surface area contributed by atoms with Gasteiger partial charge in [-0.3, -0.25) is 14.4 Å². The smallest absolute Gasteiger partial charge is 0.303 e. The lowest BCUT2D eigenvalue weighted by Gasteiger charge is -2.24. The number of ether oxygens (including phenoxy) is 3. The lowest BCUT2D eigenvalue weighted by molar-refractivity contribution is -0.174. The number of aromatic nitrogens is 3. The molecular weight excluding hydrogens is 342 g/mol. The van der Waals surface area contributed by atoms with Crippen molar-refractivity contribution in [1.29, 1.82) is 0 Å². The number of rotatable bonds is 7. The van der Waals surface area contributed by atoms with Crippen LogP contribution in [0, 0.1) is 0 Å². The highest BCUT2D eigenvalue weighted by Gasteiger charge is 2.32. The molecule has 9 nitrogen and oxygen atoms in total. The second kappa shape index (κ2) is 8.75. The van der Waals surface area contributed by atoms with E-state index in [9.17, 15) is 14.4 Å². The minimum atomic E-state index is -1.08. The highest BCUT2D eigenvalue weighted by molar-refractivity contribution is 5.68. The predicted molar refractivity (Wildman–Crippen MR) is 88.1 cm³/mol. The molecule has 26 heavy (non-hydrogen) atoms. The summed E-state index contributed by atoms with van der Waals surface area (Å²) < 4.78 is 15.3. The minimum absolute atomic E-state index is 0.252. The minimum Gasteiger partial charge on any atom is -0.462 e. The van der Waals surface area contributed by atoms with Crippen molar-refractivity contribution in [2.24, 2.45) is 0 Å². The predicted octanol–water partition coefficient (Wildman–Crippen LogP) is 1.37. The van der Waals surface area contributed by atoms with Crippen LogP contribution in [0.3, 0.4) is 0 Å². The summed E-state index contributed by atoms with van der Waals surface area (Å²) >= 11 is 0. The third-order valence-electron chi connectivity index (χ3n) is 3.19. The first-order chi connectivity index (χ1) is 12.4. The summed E-state index contributed by atoms with van der Waals surface area (Å²) in [6.07, 6.45) is -0.736. The van der Waals surface area contributed by atoms with Gasteiger partial charge in [0.15, 0.2) is 12.2 Å². The van der Waals surface area contributed by atoms with Crippen LogP contribution in [0.15, 0.2) is 36.5 Å². The van der Waals surface area contributed by atoms with E-state index in [2.05, 4.69) is 10.2 Å². The number of carbonyl (C=O) groups excluding carboxylic acids is 3. The fourth-order valence-electron chi connectivity index (χ4n) is 2.19. The van der Waals surface area contributed by atoms with E-state index in [1.807, 2.05) is 18.2 Å². The van der Waals surface area contributed by atoms with Gasteiger partial charge >= 0.3 is 17.9 Å². The maximum atomic E-state index is 11.5. The molecule has 1 heterocycles. The monoisotopic (exact) mass is 361 g/mol. The SMILES string of the molecule is CC(=O)OC[C@H](OC(C)=O)[C@@H](OC(C)=O)c1cnn(-c2ccccc2)n1. The molecule has 1 aromatic heterocycles. The maximum Gasteiger partial charge on any atom is 0.303 e. The van der Waals surface area contributed by atoms with Crippen molar-refractivity contribution >= 4 is 17.9 Å². The van der Waals surface area contributed by atoms with E-state index in [1.54, 1.807) is 12.1 Å². The average molecular weight is 361 g/mol. The Kier molecular flexibility index (Phi) is 6.42. The fourth-order valence-corrected chi connectivity index (χ4v) is 2.19. The Morgan fingerprint density at radius 2 is 1.65 bits per heavy atom. The van der Waals surface area contributed by atoms with Gasteiger partial charge in [-0.25, -0.2) is 0 Å². The molecule has 0 unspecified atom stereocenters. The van der Waals surface area contributed by atoms with Gasteiger partial charge in [0.2, 0.25) is 0 Å². The van der Waals surface area contributed by atoms with E-state index in [-0.39, 0.29) is 12.3 Å². The van der Waals surface area contributed by atoms with Gasteiger partial charge in [0, 0.05) is 20.8 Å². The number of carbonyl (C=O) groups is 3. The van der Waals surface area contributed by atoms with Crippen LogP contribution >= 0.6 is 0 Å². The molecule has 0 bridgehead atoms. The number of esters is 3. The molecule has 2 atom stereocenters. The largest absolute Gasteiger partial charge is 0.462 e. The lowest BCUT2D eigenvalue weighted by atomic mass is 10.1. The van der Waals surface area contributed by atoms with Gasteiger partial charge in [-0.1, -0.05) is 18.2 Å². The molecule has 2 aromatic rings. The normalized spacial score (nSPS) is 12.7. The quantitative estimate of drug-likeness (QED) is 0.537. The molecule has 2 rings (SSSR count). The van der Waals surface area contributed by atoms with Crippen molar-refractivity contribution in [3.05, 3.63) is 42.2 Å². The van der Waals surface area contributed by atoms with Crippen LogP contribution in [0.1, 0.15) is 32.6 Å². The van der Waals surface area contributed by atoms with Crippen LogP contribution in [0.2, 0.25) is 0 Å². The standard InChI is InChI=1S/C17H19N3O6/c1-11(21)24-10-16(25-12(2)22)17(26-13(3)23)15-9-18-20(19-15)14-7-5-4-6-8-14/h4-9,16-17H,10H2,1-3H3/t16-,17-/m0/s1. The second-order valence-electron chi connectivity index (χ2n) is 5.37. The molecule has 1 aromatic carbocycles. The molecule has 0 aliphatic rings. The second-order valence-corrected chi connectivity index (χ2v) is 5.37. The van der Waals surface area contributed by atoms with Gasteiger partial charge in [0.05, 0.1) is 11.9 Å². The summed E-state index contributed by atoms with van der Waals surface area (Å²) in [5, 5.41) is 8.42. The Balaban J connectivity index is 2.32. The number of benzene rings is 1. The molecule has 0 N–H and O–H groups in total. The number of nitrogens with zero attached hydrogens (tertiary/aromatic N) is 3. The van der Waals surface area contributed by atoms with Crippen molar-refractivity contribution in [1.82, 2.24) is 15.0 Å². The van der Waals surface area contributed by atoms with Crippen molar-refractivity contribution in [2.45, 2.75) is 33.0 Å². The topological polar surface area (TPSA) is 110 Å². The summed E-state index contributed by atoms with van der Waals surface area (Å²) in [6.45, 7) is 3.35. The first-order valence-electron chi connectivity index (χ1n) is 7.82. The van der Waals surface area contributed by atoms with Crippen LogP contribution in [-0.4, -0.2) is 45.6 Å². The summed E-state index contributed by atoms with van der Waals surface area (Å²) in [5.74, 6) is -1.78. The molecular formula is C17H19N3O6. The van der Waals surface area contributed by atoms with Gasteiger partial charge in [-0.2, -0.15) is 9.90 Å². The highest BCUT2D eigenvalue weighted by atomic mass is 16.6. The summed E-state index contributed by atoms with van der Waals surface area (Å²) in [5.41, 5.74) is 0.951.